The molecule has 2 aromatic rings. The summed E-state index contributed by atoms with van der Waals surface area (Å²) in [7, 11) is 0. The highest BCUT2D eigenvalue weighted by Gasteiger charge is 2.43. The highest BCUT2D eigenvalue weighted by Crippen LogP contribution is 2.47. The summed E-state index contributed by atoms with van der Waals surface area (Å²) in [6.45, 7) is 0. The number of carbonyl (C=O) groups is 1. The zero-order chi connectivity index (χ0) is 15.2. The molecule has 1 aliphatic rings. The van der Waals surface area contributed by atoms with Crippen molar-refractivity contribution < 1.29 is 4.79 Å². The van der Waals surface area contributed by atoms with Crippen LogP contribution >= 0.6 is 0 Å². The molecule has 0 spiro atoms. The molecule has 2 aromatic carbocycles. The molecule has 110 valence electrons. The second-order valence-electron chi connectivity index (χ2n) is 5.38. The van der Waals surface area contributed by atoms with Crippen molar-refractivity contribution >= 4 is 18.2 Å². The molecule has 1 aliphatic carbocycles. The predicted molar refractivity (Wildman–Crippen MR) is 89.4 cm³/mol. The second-order valence-corrected chi connectivity index (χ2v) is 5.38. The van der Waals surface area contributed by atoms with Gasteiger partial charge in [0.2, 0.25) is 5.91 Å². The maximum absolute atomic E-state index is 12.0. The fourth-order valence-corrected chi connectivity index (χ4v) is 2.50. The van der Waals surface area contributed by atoms with Gasteiger partial charge in [-0.05, 0) is 29.5 Å². The third kappa shape index (κ3) is 3.70. The van der Waals surface area contributed by atoms with Gasteiger partial charge in [-0.3, -0.25) is 4.79 Å². The molecule has 0 radical (unpaired) electrons. The van der Waals surface area contributed by atoms with Crippen LogP contribution in [-0.4, -0.2) is 12.1 Å². The van der Waals surface area contributed by atoms with Gasteiger partial charge in [0.05, 0.1) is 0 Å². The lowest BCUT2D eigenvalue weighted by Crippen LogP contribution is -2.19. The molecule has 0 aliphatic heterocycles. The zero-order valence-corrected chi connectivity index (χ0v) is 12.2. The van der Waals surface area contributed by atoms with Crippen molar-refractivity contribution in [3.05, 3.63) is 77.9 Å². The number of nitrogens with zero attached hydrogens (tertiary/aromatic N) is 1. The largest absolute Gasteiger partial charge is 0.273 e. The predicted octanol–water partition coefficient (Wildman–Crippen LogP) is 3.61. The van der Waals surface area contributed by atoms with Crippen LogP contribution in [0, 0.1) is 5.92 Å². The van der Waals surface area contributed by atoms with Gasteiger partial charge in [-0.15, -0.1) is 0 Å². The van der Waals surface area contributed by atoms with Crippen LogP contribution in [0.3, 0.4) is 0 Å². The first-order chi connectivity index (χ1) is 10.8. The maximum atomic E-state index is 12.0. The van der Waals surface area contributed by atoms with Crippen molar-refractivity contribution in [3.63, 3.8) is 0 Å². The average Bonchev–Trinajstić information content (AvgIpc) is 3.37. The number of allylic oxidation sites excluding steroid dienone is 1. The number of rotatable bonds is 5. The van der Waals surface area contributed by atoms with E-state index in [0.717, 1.165) is 12.0 Å². The first-order valence-electron chi connectivity index (χ1n) is 7.44. The molecular weight excluding hydrogens is 272 g/mol. The van der Waals surface area contributed by atoms with Crippen LogP contribution < -0.4 is 5.43 Å². The zero-order valence-electron chi connectivity index (χ0n) is 12.2. The molecule has 1 fully saturated rings. The lowest BCUT2D eigenvalue weighted by Gasteiger charge is -1.99. The van der Waals surface area contributed by atoms with Gasteiger partial charge >= 0.3 is 0 Å². The Morgan fingerprint density at radius 2 is 1.73 bits per heavy atom. The Bertz CT molecular complexity index is 677. The van der Waals surface area contributed by atoms with Crippen LogP contribution in [0.1, 0.15) is 23.5 Å². The van der Waals surface area contributed by atoms with Crippen LogP contribution in [0.5, 0.6) is 0 Å². The highest BCUT2D eigenvalue weighted by atomic mass is 16.2. The number of hydrogen-bond donors (Lipinski definition) is 1. The van der Waals surface area contributed by atoms with Gasteiger partial charge < -0.3 is 0 Å². The van der Waals surface area contributed by atoms with E-state index >= 15 is 0 Å². The molecular formula is C19H18N2O. The van der Waals surface area contributed by atoms with Gasteiger partial charge in [0, 0.05) is 12.1 Å². The van der Waals surface area contributed by atoms with E-state index in [4.69, 9.17) is 0 Å². The minimum absolute atomic E-state index is 0.00165. The summed E-state index contributed by atoms with van der Waals surface area (Å²) in [6.07, 6.45) is 6.27. The fraction of sp³-hybridized carbons (Fsp3) is 0.158. The molecule has 3 rings (SSSR count). The van der Waals surface area contributed by atoms with Gasteiger partial charge in [-0.1, -0.05) is 66.7 Å². The van der Waals surface area contributed by atoms with E-state index < -0.39 is 0 Å². The molecule has 3 heteroatoms. The number of hydrogen-bond acceptors (Lipinski definition) is 2. The van der Waals surface area contributed by atoms with Crippen molar-refractivity contribution in [1.82, 2.24) is 5.43 Å². The number of nitrogens with one attached hydrogen (secondary N) is 1. The van der Waals surface area contributed by atoms with Crippen molar-refractivity contribution in [2.75, 3.05) is 0 Å². The first-order valence-corrected chi connectivity index (χ1v) is 7.44. The van der Waals surface area contributed by atoms with Crippen LogP contribution in [0.2, 0.25) is 0 Å². The summed E-state index contributed by atoms with van der Waals surface area (Å²) in [5.41, 5.74) is 4.95. The summed E-state index contributed by atoms with van der Waals surface area (Å²) < 4.78 is 0. The lowest BCUT2D eigenvalue weighted by atomic mass is 10.1. The first kappa shape index (κ1) is 14.3. The average molecular weight is 290 g/mol. The van der Waals surface area contributed by atoms with Crippen molar-refractivity contribution in [3.8, 4) is 0 Å². The number of hydrazone groups is 1. The molecule has 0 aromatic heterocycles. The van der Waals surface area contributed by atoms with Crippen LogP contribution in [0.15, 0.2) is 71.8 Å². The summed E-state index contributed by atoms with van der Waals surface area (Å²) in [4.78, 5) is 12.0. The van der Waals surface area contributed by atoms with Gasteiger partial charge in [0.15, 0.2) is 0 Å². The molecule has 3 nitrogen and oxygen atoms in total. The fourth-order valence-electron chi connectivity index (χ4n) is 2.50. The van der Waals surface area contributed by atoms with E-state index in [1.165, 1.54) is 5.56 Å². The van der Waals surface area contributed by atoms with Crippen molar-refractivity contribution in [2.45, 2.75) is 12.3 Å². The number of benzene rings is 2. The summed E-state index contributed by atoms with van der Waals surface area (Å²) in [5, 5.41) is 3.96. The van der Waals surface area contributed by atoms with Crippen LogP contribution in [0.4, 0.5) is 0 Å². The summed E-state index contributed by atoms with van der Waals surface area (Å²) >= 11 is 0. The number of amides is 1. The Kier molecular flexibility index (Phi) is 4.44. The molecule has 22 heavy (non-hydrogen) atoms. The Balaban J connectivity index is 1.46. The van der Waals surface area contributed by atoms with Gasteiger partial charge in [0.1, 0.15) is 0 Å². The third-order valence-corrected chi connectivity index (χ3v) is 3.78. The van der Waals surface area contributed by atoms with E-state index in [2.05, 4.69) is 22.7 Å². The number of carbonyl (C=O) groups excluding carboxylic acids is 1. The molecule has 0 heterocycles. The minimum Gasteiger partial charge on any atom is -0.273 e. The van der Waals surface area contributed by atoms with Gasteiger partial charge in [-0.2, -0.15) is 5.10 Å². The van der Waals surface area contributed by atoms with E-state index in [9.17, 15) is 4.79 Å². The Morgan fingerprint density at radius 1 is 1.05 bits per heavy atom. The van der Waals surface area contributed by atoms with Crippen LogP contribution in [0.25, 0.3) is 6.08 Å². The van der Waals surface area contributed by atoms with E-state index in [0.29, 0.717) is 5.92 Å². The standard InChI is InChI=1S/C19H18N2O/c22-19(18-14-17(18)16-11-5-2-6-12-16)21-20-13-7-10-15-8-3-1-4-9-15/h1-13,17-18H,14H2,(H,21,22)/b10-7+,20-13?/t17-,18-/m1/s1. The molecule has 0 saturated heterocycles. The third-order valence-electron chi connectivity index (χ3n) is 3.78. The molecule has 1 saturated carbocycles. The molecule has 1 amide bonds. The quantitative estimate of drug-likeness (QED) is 0.663. The van der Waals surface area contributed by atoms with Crippen LogP contribution in [-0.2, 0) is 4.79 Å². The van der Waals surface area contributed by atoms with E-state index in [-0.39, 0.29) is 11.8 Å². The van der Waals surface area contributed by atoms with Gasteiger partial charge in [-0.25, -0.2) is 5.43 Å². The normalized spacial score (nSPS) is 20.4. The summed E-state index contributed by atoms with van der Waals surface area (Å²) in [6, 6.07) is 20.1. The Labute approximate surface area is 130 Å². The second kappa shape index (κ2) is 6.85. The minimum atomic E-state index is -0.00165. The maximum Gasteiger partial charge on any atom is 0.243 e. The monoisotopic (exact) mass is 290 g/mol. The smallest absolute Gasteiger partial charge is 0.243 e. The van der Waals surface area contributed by atoms with Crippen molar-refractivity contribution in [2.24, 2.45) is 11.0 Å². The highest BCUT2D eigenvalue weighted by molar-refractivity contribution is 5.85. The van der Waals surface area contributed by atoms with E-state index in [1.54, 1.807) is 6.21 Å². The molecule has 0 unspecified atom stereocenters. The molecule has 2 atom stereocenters. The summed E-state index contributed by atoms with van der Waals surface area (Å²) in [5.74, 6) is 0.395. The SMILES string of the molecule is O=C(NN=C/C=C/c1ccccc1)[C@@H]1C[C@@H]1c1ccccc1. The van der Waals surface area contributed by atoms with Gasteiger partial charge in [0.25, 0.3) is 0 Å². The van der Waals surface area contributed by atoms with Crippen molar-refractivity contribution in [1.29, 1.82) is 0 Å². The Morgan fingerprint density at radius 3 is 2.45 bits per heavy atom. The lowest BCUT2D eigenvalue weighted by molar-refractivity contribution is -0.122. The molecule has 0 bridgehead atoms. The molecule has 1 N–H and O–H groups in total. The Hall–Kier alpha value is -2.68. The topological polar surface area (TPSA) is 41.5 Å². The van der Waals surface area contributed by atoms with E-state index in [1.807, 2.05) is 60.7 Å².